The Bertz CT molecular complexity index is 127. The molecule has 0 aromatic rings. The molecule has 1 rings (SSSR count). The summed E-state index contributed by atoms with van der Waals surface area (Å²) in [5.41, 5.74) is 0. The van der Waals surface area contributed by atoms with Gasteiger partial charge in [0.25, 0.3) is 0 Å². The molecule has 0 amide bonds. The van der Waals surface area contributed by atoms with Gasteiger partial charge in [0, 0.05) is 20.0 Å². The van der Waals surface area contributed by atoms with E-state index < -0.39 is 0 Å². The molecule has 0 aromatic heterocycles. The van der Waals surface area contributed by atoms with Crippen LogP contribution in [-0.4, -0.2) is 44.4 Å². The molecule has 2 unspecified atom stereocenters. The predicted molar refractivity (Wildman–Crippen MR) is 46.5 cm³/mol. The van der Waals surface area contributed by atoms with E-state index in [1.54, 1.807) is 7.11 Å². The first kappa shape index (κ1) is 9.01. The van der Waals surface area contributed by atoms with E-state index in [2.05, 4.69) is 14.0 Å². The van der Waals surface area contributed by atoms with Gasteiger partial charge in [-0.15, -0.1) is 0 Å². The van der Waals surface area contributed by atoms with Crippen molar-refractivity contribution < 1.29 is 9.22 Å². The summed E-state index contributed by atoms with van der Waals surface area (Å²) in [5.74, 6) is 0. The standard InChI is InChI=1S/C9H20NO/c1-9-5-4-6-10(9,2)7-8-11-3/h9H,4-8H2,1-3H3/q+1. The van der Waals surface area contributed by atoms with Crippen molar-refractivity contribution >= 4 is 0 Å². The molecule has 2 heteroatoms. The minimum Gasteiger partial charge on any atom is -0.379 e. The van der Waals surface area contributed by atoms with Gasteiger partial charge in [0.2, 0.25) is 0 Å². The highest BCUT2D eigenvalue weighted by atomic mass is 16.5. The van der Waals surface area contributed by atoms with Crippen molar-refractivity contribution in [3.63, 3.8) is 0 Å². The maximum Gasteiger partial charge on any atom is 0.102 e. The van der Waals surface area contributed by atoms with E-state index in [0.717, 1.165) is 12.6 Å². The highest BCUT2D eigenvalue weighted by molar-refractivity contribution is 4.61. The number of hydrogen-bond acceptors (Lipinski definition) is 1. The SMILES string of the molecule is COCC[N+]1(C)CCCC1C. The average Bonchev–Trinajstić information content (AvgIpc) is 2.30. The Labute approximate surface area is 69.7 Å². The quantitative estimate of drug-likeness (QED) is 0.562. The lowest BCUT2D eigenvalue weighted by Crippen LogP contribution is -2.48. The average molecular weight is 158 g/mol. The normalized spacial score (nSPS) is 37.9. The molecule has 0 bridgehead atoms. The maximum atomic E-state index is 5.10. The van der Waals surface area contributed by atoms with Crippen molar-refractivity contribution in [2.24, 2.45) is 0 Å². The van der Waals surface area contributed by atoms with Gasteiger partial charge in [-0.2, -0.15) is 0 Å². The lowest BCUT2D eigenvalue weighted by Gasteiger charge is -2.34. The predicted octanol–water partition coefficient (Wildman–Crippen LogP) is 1.26. The van der Waals surface area contributed by atoms with Crippen molar-refractivity contribution in [2.45, 2.75) is 25.8 Å². The van der Waals surface area contributed by atoms with Crippen LogP contribution in [0.2, 0.25) is 0 Å². The molecular formula is C9H20NO+. The summed E-state index contributed by atoms with van der Waals surface area (Å²) in [6.45, 7) is 5.77. The van der Waals surface area contributed by atoms with Gasteiger partial charge in [0.1, 0.15) is 6.54 Å². The molecule has 0 radical (unpaired) electrons. The first-order valence-corrected chi connectivity index (χ1v) is 4.52. The molecule has 1 fully saturated rings. The van der Waals surface area contributed by atoms with Crippen LogP contribution in [0.25, 0.3) is 0 Å². The number of nitrogens with zero attached hydrogens (tertiary/aromatic N) is 1. The first-order valence-electron chi connectivity index (χ1n) is 4.52. The smallest absolute Gasteiger partial charge is 0.102 e. The van der Waals surface area contributed by atoms with Crippen molar-refractivity contribution in [3.8, 4) is 0 Å². The lowest BCUT2D eigenvalue weighted by atomic mass is 10.2. The number of rotatable bonds is 3. The number of likely N-dealkylation sites (tertiary alicyclic amines) is 1. The molecule has 2 nitrogen and oxygen atoms in total. The Morgan fingerprint density at radius 1 is 1.55 bits per heavy atom. The molecule has 0 spiro atoms. The molecule has 66 valence electrons. The summed E-state index contributed by atoms with van der Waals surface area (Å²) in [7, 11) is 4.13. The highest BCUT2D eigenvalue weighted by Crippen LogP contribution is 2.23. The number of likely N-dealkylation sites (N-methyl/N-ethyl adjacent to an activating group) is 1. The zero-order valence-corrected chi connectivity index (χ0v) is 7.97. The molecule has 1 saturated heterocycles. The minimum absolute atomic E-state index is 0.838. The molecule has 11 heavy (non-hydrogen) atoms. The second kappa shape index (κ2) is 3.55. The second-order valence-corrected chi connectivity index (χ2v) is 3.91. The zero-order valence-electron chi connectivity index (χ0n) is 7.97. The fourth-order valence-electron chi connectivity index (χ4n) is 1.91. The van der Waals surface area contributed by atoms with E-state index in [0.29, 0.717) is 0 Å². The molecule has 0 aromatic carbocycles. The van der Waals surface area contributed by atoms with Crippen molar-refractivity contribution in [3.05, 3.63) is 0 Å². The van der Waals surface area contributed by atoms with E-state index in [1.807, 2.05) is 0 Å². The van der Waals surface area contributed by atoms with Crippen molar-refractivity contribution in [1.82, 2.24) is 0 Å². The molecule has 0 N–H and O–H groups in total. The molecule has 1 aliphatic rings. The topological polar surface area (TPSA) is 9.23 Å². The Balaban J connectivity index is 2.38. The molecule has 2 atom stereocenters. The van der Waals surface area contributed by atoms with E-state index in [9.17, 15) is 0 Å². The van der Waals surface area contributed by atoms with Crippen LogP contribution in [0.5, 0.6) is 0 Å². The van der Waals surface area contributed by atoms with Crippen LogP contribution in [0.1, 0.15) is 19.8 Å². The van der Waals surface area contributed by atoms with Crippen LogP contribution in [0.15, 0.2) is 0 Å². The van der Waals surface area contributed by atoms with Gasteiger partial charge >= 0.3 is 0 Å². The minimum atomic E-state index is 0.838. The summed E-state index contributed by atoms with van der Waals surface area (Å²) in [6, 6.07) is 0.838. The van der Waals surface area contributed by atoms with Crippen LogP contribution in [0.3, 0.4) is 0 Å². The van der Waals surface area contributed by atoms with Crippen LogP contribution >= 0.6 is 0 Å². The van der Waals surface area contributed by atoms with Crippen molar-refractivity contribution in [2.75, 3.05) is 33.9 Å². The van der Waals surface area contributed by atoms with Gasteiger partial charge in [0.05, 0.1) is 26.2 Å². The summed E-state index contributed by atoms with van der Waals surface area (Å²) >= 11 is 0. The molecular weight excluding hydrogens is 138 g/mol. The fourth-order valence-corrected chi connectivity index (χ4v) is 1.91. The van der Waals surface area contributed by atoms with Crippen molar-refractivity contribution in [1.29, 1.82) is 0 Å². The zero-order chi connectivity index (χ0) is 8.32. The van der Waals surface area contributed by atoms with Gasteiger partial charge in [-0.1, -0.05) is 0 Å². The van der Waals surface area contributed by atoms with E-state index in [-0.39, 0.29) is 0 Å². The lowest BCUT2D eigenvalue weighted by molar-refractivity contribution is -0.919. The third-order valence-corrected chi connectivity index (χ3v) is 3.16. The molecule has 1 heterocycles. The summed E-state index contributed by atoms with van der Waals surface area (Å²) in [6.07, 6.45) is 2.78. The van der Waals surface area contributed by atoms with Gasteiger partial charge in [-0.3, -0.25) is 0 Å². The third-order valence-electron chi connectivity index (χ3n) is 3.16. The Kier molecular flexibility index (Phi) is 2.90. The number of methoxy groups -OCH3 is 1. The second-order valence-electron chi connectivity index (χ2n) is 3.91. The third kappa shape index (κ3) is 1.94. The maximum absolute atomic E-state index is 5.10. The summed E-state index contributed by atoms with van der Waals surface area (Å²) in [5, 5.41) is 0. The Hall–Kier alpha value is -0.0800. The monoisotopic (exact) mass is 158 g/mol. The van der Waals surface area contributed by atoms with E-state index in [4.69, 9.17) is 4.74 Å². The van der Waals surface area contributed by atoms with Crippen LogP contribution in [0.4, 0.5) is 0 Å². The fraction of sp³-hybridized carbons (Fsp3) is 1.00. The van der Waals surface area contributed by atoms with E-state index >= 15 is 0 Å². The number of quaternary nitrogens is 1. The highest BCUT2D eigenvalue weighted by Gasteiger charge is 2.33. The number of hydrogen-bond donors (Lipinski definition) is 0. The Morgan fingerprint density at radius 2 is 2.27 bits per heavy atom. The van der Waals surface area contributed by atoms with E-state index in [1.165, 1.54) is 30.4 Å². The first-order chi connectivity index (χ1) is 5.19. The van der Waals surface area contributed by atoms with Crippen LogP contribution in [0, 0.1) is 0 Å². The largest absolute Gasteiger partial charge is 0.379 e. The number of ether oxygens (including phenoxy) is 1. The van der Waals surface area contributed by atoms with Gasteiger partial charge in [-0.25, -0.2) is 0 Å². The van der Waals surface area contributed by atoms with Gasteiger partial charge < -0.3 is 9.22 Å². The molecule has 0 aliphatic carbocycles. The Morgan fingerprint density at radius 3 is 2.73 bits per heavy atom. The van der Waals surface area contributed by atoms with Crippen LogP contribution < -0.4 is 0 Å². The molecule has 0 saturated carbocycles. The summed E-state index contributed by atoms with van der Waals surface area (Å²) in [4.78, 5) is 0. The van der Waals surface area contributed by atoms with Gasteiger partial charge in [-0.05, 0) is 6.92 Å². The summed E-state index contributed by atoms with van der Waals surface area (Å²) < 4.78 is 6.32. The van der Waals surface area contributed by atoms with Gasteiger partial charge in [0.15, 0.2) is 0 Å². The van der Waals surface area contributed by atoms with Crippen LogP contribution in [-0.2, 0) is 4.74 Å². The molecule has 1 aliphatic heterocycles.